The minimum Gasteiger partial charge on any atom is -0.324 e. The van der Waals surface area contributed by atoms with Crippen LogP contribution in [0.25, 0.3) is 0 Å². The van der Waals surface area contributed by atoms with Gasteiger partial charge in [0.15, 0.2) is 0 Å². The van der Waals surface area contributed by atoms with Gasteiger partial charge in [0.25, 0.3) is 0 Å². The van der Waals surface area contributed by atoms with Crippen molar-refractivity contribution in [2.75, 3.05) is 16.9 Å². The number of anilines is 1. The van der Waals surface area contributed by atoms with Gasteiger partial charge in [-0.25, -0.2) is 13.1 Å². The number of thioether (sulfide) groups is 1. The fourth-order valence-electron chi connectivity index (χ4n) is 1.53. The van der Waals surface area contributed by atoms with E-state index in [1.807, 2.05) is 6.92 Å². The second-order valence-electron chi connectivity index (χ2n) is 4.18. The highest BCUT2D eigenvalue weighted by atomic mass is 32.2. The van der Waals surface area contributed by atoms with E-state index in [2.05, 4.69) is 17.1 Å². The Morgan fingerprint density at radius 3 is 2.47 bits per heavy atom. The minimum atomic E-state index is -3.45. The summed E-state index contributed by atoms with van der Waals surface area (Å²) in [7, 11) is -3.45. The molecule has 1 aromatic rings. The third-order valence-electron chi connectivity index (χ3n) is 2.59. The van der Waals surface area contributed by atoms with E-state index in [0.29, 0.717) is 5.69 Å². The van der Waals surface area contributed by atoms with Gasteiger partial charge in [0.1, 0.15) is 0 Å². The Hall–Kier alpha value is -0.760. The van der Waals surface area contributed by atoms with Gasteiger partial charge in [0.2, 0.25) is 10.0 Å². The van der Waals surface area contributed by atoms with Crippen molar-refractivity contribution in [1.29, 1.82) is 0 Å². The Balaban J connectivity index is 2.63. The molecule has 5 nitrogen and oxygen atoms in total. The van der Waals surface area contributed by atoms with Gasteiger partial charge in [-0.05, 0) is 49.1 Å². The third kappa shape index (κ3) is 5.40. The zero-order valence-corrected chi connectivity index (χ0v) is 12.9. The molecule has 108 valence electrons. The second-order valence-corrected chi connectivity index (χ2v) is 7.28. The molecule has 4 N–H and O–H groups in total. The van der Waals surface area contributed by atoms with Crippen LogP contribution in [-0.4, -0.2) is 26.0 Å². The number of sulfonamides is 1. The Kier molecular flexibility index (Phi) is 6.64. The van der Waals surface area contributed by atoms with Crippen molar-refractivity contribution >= 4 is 27.5 Å². The van der Waals surface area contributed by atoms with Crippen LogP contribution in [0, 0.1) is 0 Å². The average Bonchev–Trinajstić information content (AvgIpc) is 2.38. The van der Waals surface area contributed by atoms with Gasteiger partial charge in [-0.1, -0.05) is 6.92 Å². The molecular weight excluding hydrogens is 282 g/mol. The van der Waals surface area contributed by atoms with E-state index >= 15 is 0 Å². The van der Waals surface area contributed by atoms with Crippen LogP contribution in [-0.2, 0) is 10.0 Å². The molecule has 7 heteroatoms. The Morgan fingerprint density at radius 2 is 1.95 bits per heavy atom. The summed E-state index contributed by atoms with van der Waals surface area (Å²) in [5.74, 6) is 7.24. The molecule has 1 aromatic carbocycles. The third-order valence-corrected chi connectivity index (χ3v) is 5.13. The standard InChI is InChI=1S/C12H21N3O2S2/c1-3-18-9-8-10(2)15-19(16,17)12-6-4-11(14-13)5-7-12/h4-7,10,14-15H,3,8-9,13H2,1-2H3. The van der Waals surface area contributed by atoms with Crippen molar-refractivity contribution in [2.45, 2.75) is 31.2 Å². The fourth-order valence-corrected chi connectivity index (χ4v) is 3.61. The van der Waals surface area contributed by atoms with Crippen molar-refractivity contribution in [2.24, 2.45) is 5.84 Å². The number of nitrogens with two attached hydrogens (primary N) is 1. The first-order valence-corrected chi connectivity index (χ1v) is 8.80. The number of nitrogens with one attached hydrogen (secondary N) is 2. The van der Waals surface area contributed by atoms with E-state index in [9.17, 15) is 8.42 Å². The first kappa shape index (κ1) is 16.3. The van der Waals surface area contributed by atoms with Crippen molar-refractivity contribution in [3.63, 3.8) is 0 Å². The lowest BCUT2D eigenvalue weighted by molar-refractivity contribution is 0.557. The summed E-state index contributed by atoms with van der Waals surface area (Å²) in [6, 6.07) is 6.25. The molecule has 0 aliphatic carbocycles. The second kappa shape index (κ2) is 7.74. The summed E-state index contributed by atoms with van der Waals surface area (Å²) in [6.07, 6.45) is 0.820. The van der Waals surface area contributed by atoms with Crippen LogP contribution in [0.3, 0.4) is 0 Å². The predicted octanol–water partition coefficient (Wildman–Crippen LogP) is 1.78. The molecule has 0 bridgehead atoms. The number of hydrogen-bond acceptors (Lipinski definition) is 5. The normalized spacial score (nSPS) is 13.2. The molecular formula is C12H21N3O2S2. The van der Waals surface area contributed by atoms with Crippen LogP contribution < -0.4 is 16.0 Å². The van der Waals surface area contributed by atoms with Gasteiger partial charge in [0, 0.05) is 11.7 Å². The molecule has 0 aliphatic heterocycles. The Labute approximate surface area is 119 Å². The van der Waals surface area contributed by atoms with Crippen molar-refractivity contribution in [3.05, 3.63) is 24.3 Å². The highest BCUT2D eigenvalue weighted by Crippen LogP contribution is 2.14. The molecule has 19 heavy (non-hydrogen) atoms. The van der Waals surface area contributed by atoms with Crippen molar-refractivity contribution < 1.29 is 8.42 Å². The van der Waals surface area contributed by atoms with Crippen LogP contribution in [0.5, 0.6) is 0 Å². The summed E-state index contributed by atoms with van der Waals surface area (Å²) in [5.41, 5.74) is 3.14. The topological polar surface area (TPSA) is 84.2 Å². The molecule has 0 saturated heterocycles. The maximum atomic E-state index is 12.1. The summed E-state index contributed by atoms with van der Waals surface area (Å²) < 4.78 is 26.9. The predicted molar refractivity (Wildman–Crippen MR) is 81.7 cm³/mol. The van der Waals surface area contributed by atoms with E-state index in [1.54, 1.807) is 23.9 Å². The van der Waals surface area contributed by atoms with E-state index in [1.165, 1.54) is 12.1 Å². The van der Waals surface area contributed by atoms with Gasteiger partial charge < -0.3 is 5.43 Å². The van der Waals surface area contributed by atoms with Crippen LogP contribution in [0.2, 0.25) is 0 Å². The number of hydrogen-bond donors (Lipinski definition) is 3. The minimum absolute atomic E-state index is 0.0728. The lowest BCUT2D eigenvalue weighted by Gasteiger charge is -2.14. The Bertz CT molecular complexity index is 474. The summed E-state index contributed by atoms with van der Waals surface area (Å²) in [5, 5.41) is 0. The first-order valence-electron chi connectivity index (χ1n) is 6.16. The molecule has 0 heterocycles. The zero-order chi connectivity index (χ0) is 14.3. The SMILES string of the molecule is CCSCCC(C)NS(=O)(=O)c1ccc(NN)cc1. The fraction of sp³-hybridized carbons (Fsp3) is 0.500. The number of benzene rings is 1. The van der Waals surface area contributed by atoms with Crippen molar-refractivity contribution in [1.82, 2.24) is 4.72 Å². The van der Waals surface area contributed by atoms with Crippen LogP contribution >= 0.6 is 11.8 Å². The van der Waals surface area contributed by atoms with Crippen LogP contribution in [0.4, 0.5) is 5.69 Å². The quantitative estimate of drug-likeness (QED) is 0.387. The number of nitrogen functional groups attached to an aromatic ring is 1. The van der Waals surface area contributed by atoms with Gasteiger partial charge in [0.05, 0.1) is 4.90 Å². The number of rotatable bonds is 8. The maximum Gasteiger partial charge on any atom is 0.240 e. The zero-order valence-electron chi connectivity index (χ0n) is 11.2. The molecule has 0 spiro atoms. The highest BCUT2D eigenvalue weighted by Gasteiger charge is 2.16. The molecule has 0 fully saturated rings. The maximum absolute atomic E-state index is 12.1. The first-order chi connectivity index (χ1) is 8.99. The monoisotopic (exact) mass is 303 g/mol. The van der Waals surface area contributed by atoms with Gasteiger partial charge in [-0.2, -0.15) is 11.8 Å². The van der Waals surface area contributed by atoms with Gasteiger partial charge >= 0.3 is 0 Å². The molecule has 0 amide bonds. The Morgan fingerprint density at radius 1 is 1.32 bits per heavy atom. The van der Waals surface area contributed by atoms with Gasteiger partial charge in [-0.15, -0.1) is 0 Å². The molecule has 1 rings (SSSR count). The molecule has 1 atom stereocenters. The molecule has 1 unspecified atom stereocenters. The molecule has 0 aliphatic rings. The van der Waals surface area contributed by atoms with E-state index < -0.39 is 10.0 Å². The van der Waals surface area contributed by atoms with E-state index in [0.717, 1.165) is 17.9 Å². The lowest BCUT2D eigenvalue weighted by atomic mass is 10.3. The summed E-state index contributed by atoms with van der Waals surface area (Å²) in [4.78, 5) is 0.251. The summed E-state index contributed by atoms with van der Waals surface area (Å²) in [6.45, 7) is 3.97. The van der Waals surface area contributed by atoms with E-state index in [4.69, 9.17) is 5.84 Å². The van der Waals surface area contributed by atoms with Gasteiger partial charge in [-0.3, -0.25) is 5.84 Å². The number of hydrazine groups is 1. The smallest absolute Gasteiger partial charge is 0.240 e. The molecule has 0 saturated carbocycles. The average molecular weight is 303 g/mol. The van der Waals surface area contributed by atoms with E-state index in [-0.39, 0.29) is 10.9 Å². The molecule has 0 radical (unpaired) electrons. The lowest BCUT2D eigenvalue weighted by Crippen LogP contribution is -2.33. The van der Waals surface area contributed by atoms with Crippen molar-refractivity contribution in [3.8, 4) is 0 Å². The summed E-state index contributed by atoms with van der Waals surface area (Å²) >= 11 is 1.81. The largest absolute Gasteiger partial charge is 0.324 e. The molecule has 0 aromatic heterocycles. The van der Waals surface area contributed by atoms with Crippen LogP contribution in [0.1, 0.15) is 20.3 Å². The highest BCUT2D eigenvalue weighted by molar-refractivity contribution is 7.99. The van der Waals surface area contributed by atoms with Crippen LogP contribution in [0.15, 0.2) is 29.2 Å².